The van der Waals surface area contributed by atoms with Crippen LogP contribution < -0.4 is 0 Å². The smallest absolute Gasteiger partial charge is 0.298 e. The van der Waals surface area contributed by atoms with Crippen molar-refractivity contribution in [3.05, 3.63) is 35.4 Å². The molecule has 2 rings (SSSR count). The Labute approximate surface area is 115 Å². The first-order valence-electron chi connectivity index (χ1n) is 7.05. The molecule has 1 aliphatic heterocycles. The highest BCUT2D eigenvalue weighted by atomic mass is 16.2. The minimum atomic E-state index is -0.0151. The summed E-state index contributed by atoms with van der Waals surface area (Å²) in [6, 6.07) is 8.66. The summed E-state index contributed by atoms with van der Waals surface area (Å²) in [5.41, 5.74) is 2.62. The molecule has 100 valence electrons. The van der Waals surface area contributed by atoms with Crippen molar-refractivity contribution in [3.63, 3.8) is 0 Å². The molecule has 2 heteroatoms. The SMILES string of the molecule is CCC#CC(=O)N1CCCC(c2ccc(C)cc2)C1. The van der Waals surface area contributed by atoms with Gasteiger partial charge in [0.15, 0.2) is 0 Å². The second-order valence-electron chi connectivity index (χ2n) is 5.16. The van der Waals surface area contributed by atoms with E-state index in [1.807, 2.05) is 11.8 Å². The van der Waals surface area contributed by atoms with Crippen molar-refractivity contribution < 1.29 is 4.79 Å². The molecule has 0 aromatic heterocycles. The molecule has 0 saturated carbocycles. The number of likely N-dealkylation sites (tertiary alicyclic amines) is 1. The number of benzene rings is 1. The lowest BCUT2D eigenvalue weighted by Crippen LogP contribution is -2.38. The van der Waals surface area contributed by atoms with Crippen LogP contribution in [0.1, 0.15) is 43.2 Å². The Morgan fingerprint density at radius 2 is 2.11 bits per heavy atom. The van der Waals surface area contributed by atoms with E-state index in [4.69, 9.17) is 0 Å². The summed E-state index contributed by atoms with van der Waals surface area (Å²) in [6.45, 7) is 5.71. The van der Waals surface area contributed by atoms with E-state index in [1.54, 1.807) is 0 Å². The van der Waals surface area contributed by atoms with Crippen molar-refractivity contribution in [3.8, 4) is 11.8 Å². The molecule has 1 unspecified atom stereocenters. The van der Waals surface area contributed by atoms with Gasteiger partial charge in [-0.2, -0.15) is 0 Å². The third-order valence-corrected chi connectivity index (χ3v) is 3.63. The Morgan fingerprint density at radius 3 is 2.79 bits per heavy atom. The van der Waals surface area contributed by atoms with Crippen LogP contribution in [0.5, 0.6) is 0 Å². The molecule has 0 spiro atoms. The molecule has 1 amide bonds. The predicted molar refractivity (Wildman–Crippen MR) is 77.8 cm³/mol. The molecule has 1 saturated heterocycles. The van der Waals surface area contributed by atoms with Gasteiger partial charge in [-0.1, -0.05) is 42.7 Å². The average molecular weight is 255 g/mol. The number of nitrogens with zero attached hydrogens (tertiary/aromatic N) is 1. The van der Waals surface area contributed by atoms with Crippen molar-refractivity contribution in [1.82, 2.24) is 4.90 Å². The van der Waals surface area contributed by atoms with E-state index >= 15 is 0 Å². The molecular weight excluding hydrogens is 234 g/mol. The van der Waals surface area contributed by atoms with Crippen LogP contribution in [0.15, 0.2) is 24.3 Å². The second kappa shape index (κ2) is 6.43. The predicted octanol–water partition coefficient (Wildman–Crippen LogP) is 3.11. The minimum Gasteiger partial charge on any atom is -0.331 e. The molecule has 1 heterocycles. The summed E-state index contributed by atoms with van der Waals surface area (Å²) in [6.07, 6.45) is 2.97. The van der Waals surface area contributed by atoms with E-state index in [-0.39, 0.29) is 5.91 Å². The third-order valence-electron chi connectivity index (χ3n) is 3.63. The highest BCUT2D eigenvalue weighted by Gasteiger charge is 2.23. The number of carbonyl (C=O) groups is 1. The lowest BCUT2D eigenvalue weighted by atomic mass is 9.90. The Morgan fingerprint density at radius 1 is 1.37 bits per heavy atom. The first kappa shape index (κ1) is 13.7. The van der Waals surface area contributed by atoms with Crippen LogP contribution in [0.4, 0.5) is 0 Å². The van der Waals surface area contributed by atoms with Gasteiger partial charge in [-0.15, -0.1) is 0 Å². The number of rotatable bonds is 1. The quantitative estimate of drug-likeness (QED) is 0.706. The maximum atomic E-state index is 11.9. The number of piperidine rings is 1. The Bertz CT molecular complexity index is 492. The summed E-state index contributed by atoms with van der Waals surface area (Å²) in [4.78, 5) is 13.8. The zero-order valence-corrected chi connectivity index (χ0v) is 11.8. The van der Waals surface area contributed by atoms with Gasteiger partial charge in [-0.25, -0.2) is 0 Å². The first-order valence-corrected chi connectivity index (χ1v) is 7.05. The summed E-state index contributed by atoms with van der Waals surface area (Å²) < 4.78 is 0. The summed E-state index contributed by atoms with van der Waals surface area (Å²) in [7, 11) is 0. The fourth-order valence-corrected chi connectivity index (χ4v) is 2.52. The van der Waals surface area contributed by atoms with Gasteiger partial charge in [0.05, 0.1) is 0 Å². The molecule has 0 radical (unpaired) electrons. The summed E-state index contributed by atoms with van der Waals surface area (Å²) in [5, 5.41) is 0. The van der Waals surface area contributed by atoms with Gasteiger partial charge in [-0.05, 0) is 31.2 Å². The minimum absolute atomic E-state index is 0.0151. The number of hydrogen-bond donors (Lipinski definition) is 0. The highest BCUT2D eigenvalue weighted by Crippen LogP contribution is 2.27. The van der Waals surface area contributed by atoms with Crippen molar-refractivity contribution >= 4 is 5.91 Å². The third kappa shape index (κ3) is 3.61. The molecule has 2 nitrogen and oxygen atoms in total. The van der Waals surface area contributed by atoms with E-state index in [2.05, 4.69) is 43.0 Å². The van der Waals surface area contributed by atoms with Crippen LogP contribution in [-0.4, -0.2) is 23.9 Å². The van der Waals surface area contributed by atoms with E-state index in [0.29, 0.717) is 5.92 Å². The Hall–Kier alpha value is -1.75. The molecular formula is C17H21NO. The normalized spacial score (nSPS) is 18.6. The molecule has 19 heavy (non-hydrogen) atoms. The van der Waals surface area contributed by atoms with E-state index in [9.17, 15) is 4.79 Å². The molecule has 1 aromatic rings. The van der Waals surface area contributed by atoms with Gasteiger partial charge in [0.25, 0.3) is 5.91 Å². The van der Waals surface area contributed by atoms with Gasteiger partial charge < -0.3 is 4.90 Å². The number of amides is 1. The average Bonchev–Trinajstić information content (AvgIpc) is 2.45. The molecule has 0 N–H and O–H groups in total. The molecule has 1 aromatic carbocycles. The van der Waals surface area contributed by atoms with Crippen LogP contribution in [0.3, 0.4) is 0 Å². The monoisotopic (exact) mass is 255 g/mol. The van der Waals surface area contributed by atoms with Gasteiger partial charge in [-0.3, -0.25) is 4.79 Å². The van der Waals surface area contributed by atoms with Crippen LogP contribution in [-0.2, 0) is 4.79 Å². The fraction of sp³-hybridized carbons (Fsp3) is 0.471. The summed E-state index contributed by atoms with van der Waals surface area (Å²) >= 11 is 0. The van der Waals surface area contributed by atoms with Crippen molar-refractivity contribution in [2.24, 2.45) is 0 Å². The van der Waals surface area contributed by atoms with Gasteiger partial charge in [0.2, 0.25) is 0 Å². The number of carbonyl (C=O) groups excluding carboxylic acids is 1. The van der Waals surface area contributed by atoms with Gasteiger partial charge in [0, 0.05) is 25.4 Å². The van der Waals surface area contributed by atoms with Crippen LogP contribution in [0.25, 0.3) is 0 Å². The van der Waals surface area contributed by atoms with Crippen LogP contribution in [0, 0.1) is 18.8 Å². The highest BCUT2D eigenvalue weighted by molar-refractivity contribution is 5.93. The summed E-state index contributed by atoms with van der Waals surface area (Å²) in [5.74, 6) is 6.03. The zero-order chi connectivity index (χ0) is 13.7. The van der Waals surface area contributed by atoms with Crippen molar-refractivity contribution in [1.29, 1.82) is 0 Å². The van der Waals surface area contributed by atoms with Crippen molar-refractivity contribution in [2.45, 2.75) is 39.0 Å². The topological polar surface area (TPSA) is 20.3 Å². The molecule has 1 aliphatic rings. The maximum Gasteiger partial charge on any atom is 0.298 e. The Kier molecular flexibility index (Phi) is 4.63. The lowest BCUT2D eigenvalue weighted by Gasteiger charge is -2.31. The molecule has 1 fully saturated rings. The Balaban J connectivity index is 2.04. The molecule has 1 atom stereocenters. The molecule has 0 bridgehead atoms. The standard InChI is InChI=1S/C17H21NO/c1-3-4-7-17(19)18-12-5-6-16(13-18)15-10-8-14(2)9-11-15/h8-11,16H,3,5-6,12-13H2,1-2H3. The van der Waals surface area contributed by atoms with Crippen LogP contribution in [0.2, 0.25) is 0 Å². The van der Waals surface area contributed by atoms with Crippen LogP contribution >= 0.6 is 0 Å². The maximum absolute atomic E-state index is 11.9. The van der Waals surface area contributed by atoms with Gasteiger partial charge in [0.1, 0.15) is 0 Å². The lowest BCUT2D eigenvalue weighted by molar-refractivity contribution is -0.126. The second-order valence-corrected chi connectivity index (χ2v) is 5.16. The number of hydrogen-bond acceptors (Lipinski definition) is 1. The molecule has 0 aliphatic carbocycles. The number of aryl methyl sites for hydroxylation is 1. The van der Waals surface area contributed by atoms with E-state index < -0.39 is 0 Å². The largest absolute Gasteiger partial charge is 0.331 e. The first-order chi connectivity index (χ1) is 9.20. The fourth-order valence-electron chi connectivity index (χ4n) is 2.52. The van der Waals surface area contributed by atoms with E-state index in [1.165, 1.54) is 11.1 Å². The van der Waals surface area contributed by atoms with E-state index in [0.717, 1.165) is 32.4 Å². The van der Waals surface area contributed by atoms with Crippen molar-refractivity contribution in [2.75, 3.05) is 13.1 Å². The van der Waals surface area contributed by atoms with Gasteiger partial charge >= 0.3 is 0 Å². The zero-order valence-electron chi connectivity index (χ0n) is 11.8.